The lowest BCUT2D eigenvalue weighted by atomic mass is 10.0. The fourth-order valence-corrected chi connectivity index (χ4v) is 2.84. The Kier molecular flexibility index (Phi) is 6.58. The number of benzene rings is 1. The van der Waals surface area contributed by atoms with Gasteiger partial charge in [-0.25, -0.2) is 0 Å². The van der Waals surface area contributed by atoms with E-state index in [0.717, 1.165) is 5.92 Å². The van der Waals surface area contributed by atoms with Gasteiger partial charge in [0, 0.05) is 10.9 Å². The van der Waals surface area contributed by atoms with E-state index in [1.807, 2.05) is 18.8 Å². The minimum absolute atomic E-state index is 0.636. The van der Waals surface area contributed by atoms with Crippen molar-refractivity contribution >= 4 is 11.8 Å². The Balaban J connectivity index is 2.15. The van der Waals surface area contributed by atoms with Crippen LogP contribution in [0.2, 0.25) is 0 Å². The minimum atomic E-state index is 0.636. The molecule has 0 radical (unpaired) electrons. The fraction of sp³-hybridized carbons (Fsp3) is 0.571. The van der Waals surface area contributed by atoms with E-state index in [4.69, 9.17) is 0 Å². The van der Waals surface area contributed by atoms with E-state index in [1.54, 1.807) is 0 Å². The Morgan fingerprint density at radius 1 is 1.19 bits per heavy atom. The average Bonchev–Trinajstić information content (AvgIpc) is 2.30. The lowest BCUT2D eigenvalue weighted by molar-refractivity contribution is 0.435. The summed E-state index contributed by atoms with van der Waals surface area (Å²) < 4.78 is 0. The zero-order chi connectivity index (χ0) is 11.8. The highest BCUT2D eigenvalue weighted by atomic mass is 32.2. The van der Waals surface area contributed by atoms with Gasteiger partial charge in [0.25, 0.3) is 0 Å². The summed E-state index contributed by atoms with van der Waals surface area (Å²) in [6.45, 7) is 4.60. The van der Waals surface area contributed by atoms with Crippen molar-refractivity contribution in [2.75, 3.05) is 12.8 Å². The highest BCUT2D eigenvalue weighted by Gasteiger charge is 2.06. The number of rotatable bonds is 7. The Morgan fingerprint density at radius 2 is 1.88 bits per heavy atom. The number of hydrogen-bond donors (Lipinski definition) is 1. The third-order valence-corrected chi connectivity index (χ3v) is 3.92. The van der Waals surface area contributed by atoms with Crippen LogP contribution in [0.25, 0.3) is 0 Å². The Morgan fingerprint density at radius 3 is 2.50 bits per heavy atom. The van der Waals surface area contributed by atoms with Crippen LogP contribution >= 0.6 is 11.8 Å². The first-order chi connectivity index (χ1) is 7.72. The van der Waals surface area contributed by atoms with Gasteiger partial charge in [0.15, 0.2) is 0 Å². The molecule has 0 aliphatic heterocycles. The average molecular weight is 237 g/mol. The maximum atomic E-state index is 3.30. The quantitative estimate of drug-likeness (QED) is 0.724. The van der Waals surface area contributed by atoms with Gasteiger partial charge in [-0.2, -0.15) is 0 Å². The highest BCUT2D eigenvalue weighted by Crippen LogP contribution is 2.21. The molecule has 0 aliphatic rings. The molecule has 0 heterocycles. The molecule has 0 saturated heterocycles. The summed E-state index contributed by atoms with van der Waals surface area (Å²) in [5, 5.41) is 3.30. The first kappa shape index (κ1) is 13.6. The van der Waals surface area contributed by atoms with Crippen molar-refractivity contribution in [3.63, 3.8) is 0 Å². The molecule has 1 aromatic carbocycles. The number of thioether (sulfide) groups is 1. The molecule has 0 saturated carbocycles. The molecule has 0 spiro atoms. The molecular weight excluding hydrogens is 214 g/mol. The van der Waals surface area contributed by atoms with Gasteiger partial charge in [-0.15, -0.1) is 11.8 Å². The first-order valence-electron chi connectivity index (χ1n) is 6.07. The molecule has 1 N–H and O–H groups in total. The minimum Gasteiger partial charge on any atom is -0.317 e. The van der Waals surface area contributed by atoms with Gasteiger partial charge in [0.2, 0.25) is 0 Å². The van der Waals surface area contributed by atoms with Crippen molar-refractivity contribution < 1.29 is 0 Å². The molecule has 0 bridgehead atoms. The Bertz CT molecular complexity index is 273. The molecule has 0 aromatic heterocycles. The van der Waals surface area contributed by atoms with Gasteiger partial charge in [-0.1, -0.05) is 25.1 Å². The van der Waals surface area contributed by atoms with Crippen LogP contribution in [0.5, 0.6) is 0 Å². The molecule has 0 amide bonds. The van der Waals surface area contributed by atoms with Crippen molar-refractivity contribution in [2.24, 2.45) is 5.92 Å². The van der Waals surface area contributed by atoms with Crippen LogP contribution < -0.4 is 5.32 Å². The number of hydrogen-bond acceptors (Lipinski definition) is 2. The monoisotopic (exact) mass is 237 g/mol. The summed E-state index contributed by atoms with van der Waals surface area (Å²) in [4.78, 5) is 1.39. The molecule has 1 rings (SSSR count). The van der Waals surface area contributed by atoms with Crippen molar-refractivity contribution in [1.82, 2.24) is 5.32 Å². The third-order valence-electron chi connectivity index (χ3n) is 2.87. The largest absolute Gasteiger partial charge is 0.317 e. The lowest BCUT2D eigenvalue weighted by Gasteiger charge is -2.16. The van der Waals surface area contributed by atoms with E-state index >= 15 is 0 Å². The van der Waals surface area contributed by atoms with Crippen molar-refractivity contribution in [3.05, 3.63) is 30.3 Å². The van der Waals surface area contributed by atoms with Crippen LogP contribution in [0.1, 0.15) is 26.7 Å². The van der Waals surface area contributed by atoms with Gasteiger partial charge in [0.1, 0.15) is 0 Å². The molecule has 1 nitrogen and oxygen atoms in total. The topological polar surface area (TPSA) is 12.0 Å². The van der Waals surface area contributed by atoms with E-state index < -0.39 is 0 Å². The maximum absolute atomic E-state index is 3.30. The Hall–Kier alpha value is -0.470. The summed E-state index contributed by atoms with van der Waals surface area (Å²) in [5.41, 5.74) is 0. The van der Waals surface area contributed by atoms with E-state index in [0.29, 0.717) is 6.04 Å². The van der Waals surface area contributed by atoms with Crippen LogP contribution in [-0.2, 0) is 0 Å². The predicted octanol–water partition coefficient (Wildman–Crippen LogP) is 3.80. The summed E-state index contributed by atoms with van der Waals surface area (Å²) in [6.07, 6.45) is 2.57. The number of nitrogens with one attached hydrogen (secondary N) is 1. The predicted molar refractivity (Wildman–Crippen MR) is 74.1 cm³/mol. The molecule has 2 heteroatoms. The molecule has 2 atom stereocenters. The van der Waals surface area contributed by atoms with E-state index in [2.05, 4.69) is 49.5 Å². The molecule has 0 fully saturated rings. The van der Waals surface area contributed by atoms with E-state index in [1.165, 1.54) is 23.5 Å². The second kappa shape index (κ2) is 7.75. The van der Waals surface area contributed by atoms with Crippen LogP contribution in [0.15, 0.2) is 35.2 Å². The lowest BCUT2D eigenvalue weighted by Crippen LogP contribution is -2.23. The molecule has 1 aromatic rings. The maximum Gasteiger partial charge on any atom is 0.00719 e. The normalized spacial score (nSPS) is 14.7. The SMILES string of the molecule is CNC(C)CC(C)CCSc1ccccc1. The molecule has 16 heavy (non-hydrogen) atoms. The summed E-state index contributed by atoms with van der Waals surface area (Å²) in [7, 11) is 2.04. The summed E-state index contributed by atoms with van der Waals surface area (Å²) in [5.74, 6) is 2.03. The first-order valence-corrected chi connectivity index (χ1v) is 7.06. The molecule has 90 valence electrons. The van der Waals surface area contributed by atoms with Crippen LogP contribution in [0, 0.1) is 5.92 Å². The van der Waals surface area contributed by atoms with Gasteiger partial charge >= 0.3 is 0 Å². The standard InChI is InChI=1S/C14H23NS/c1-12(11-13(2)15-3)9-10-16-14-7-5-4-6-8-14/h4-8,12-13,15H,9-11H2,1-3H3. The van der Waals surface area contributed by atoms with Crippen molar-refractivity contribution in [2.45, 2.75) is 37.6 Å². The molecular formula is C14H23NS. The van der Waals surface area contributed by atoms with Gasteiger partial charge in [-0.3, -0.25) is 0 Å². The zero-order valence-corrected chi connectivity index (χ0v) is 11.4. The molecule has 0 aliphatic carbocycles. The smallest absolute Gasteiger partial charge is 0.00719 e. The van der Waals surface area contributed by atoms with Crippen LogP contribution in [0.4, 0.5) is 0 Å². The second-order valence-electron chi connectivity index (χ2n) is 4.48. The van der Waals surface area contributed by atoms with Crippen molar-refractivity contribution in [3.8, 4) is 0 Å². The highest BCUT2D eigenvalue weighted by molar-refractivity contribution is 7.99. The van der Waals surface area contributed by atoms with Crippen LogP contribution in [-0.4, -0.2) is 18.8 Å². The van der Waals surface area contributed by atoms with E-state index in [-0.39, 0.29) is 0 Å². The second-order valence-corrected chi connectivity index (χ2v) is 5.65. The summed E-state index contributed by atoms with van der Waals surface area (Å²) >= 11 is 1.96. The van der Waals surface area contributed by atoms with Crippen molar-refractivity contribution in [1.29, 1.82) is 0 Å². The zero-order valence-electron chi connectivity index (χ0n) is 10.6. The fourth-order valence-electron chi connectivity index (χ4n) is 1.73. The molecule has 2 unspecified atom stereocenters. The van der Waals surface area contributed by atoms with Crippen LogP contribution in [0.3, 0.4) is 0 Å². The Labute approximate surface area is 104 Å². The third kappa shape index (κ3) is 5.57. The van der Waals surface area contributed by atoms with Gasteiger partial charge in [0.05, 0.1) is 0 Å². The van der Waals surface area contributed by atoms with E-state index in [9.17, 15) is 0 Å². The van der Waals surface area contributed by atoms with Gasteiger partial charge in [-0.05, 0) is 50.6 Å². The summed E-state index contributed by atoms with van der Waals surface area (Å²) in [6, 6.07) is 11.3. The van der Waals surface area contributed by atoms with Gasteiger partial charge < -0.3 is 5.32 Å².